The number of carboxylic acid groups (broad SMARTS) is 1. The topological polar surface area (TPSA) is 88.5 Å². The highest BCUT2D eigenvalue weighted by Gasteiger charge is 2.31. The van der Waals surface area contributed by atoms with Crippen LogP contribution < -0.4 is 5.32 Å². The third-order valence-electron chi connectivity index (χ3n) is 3.88. The fourth-order valence-electron chi connectivity index (χ4n) is 2.59. The van der Waals surface area contributed by atoms with E-state index < -0.39 is 12.1 Å². The Labute approximate surface area is 126 Å². The zero-order valence-corrected chi connectivity index (χ0v) is 12.4. The van der Waals surface area contributed by atoms with Crippen molar-refractivity contribution in [1.82, 2.24) is 10.3 Å². The second kappa shape index (κ2) is 6.11. The number of carboxylic acids is 1. The van der Waals surface area contributed by atoms with Gasteiger partial charge in [0.1, 0.15) is 4.88 Å². The highest BCUT2D eigenvalue weighted by Crippen LogP contribution is 2.41. The molecule has 1 aromatic heterocycles. The fraction of sp³-hybridized carbons (Fsp3) is 0.643. The van der Waals surface area contributed by atoms with Gasteiger partial charge in [-0.05, 0) is 32.1 Å². The number of rotatable bonds is 5. The third kappa shape index (κ3) is 3.41. The highest BCUT2D eigenvalue weighted by atomic mass is 32.1. The lowest BCUT2D eigenvalue weighted by Crippen LogP contribution is -2.40. The molecule has 2 aliphatic rings. The number of aromatic nitrogens is 1. The van der Waals surface area contributed by atoms with Crippen LogP contribution in [0.15, 0.2) is 5.51 Å². The van der Waals surface area contributed by atoms with Crippen molar-refractivity contribution in [2.24, 2.45) is 0 Å². The SMILES string of the molecule is O=C(NC[C@H]1CCC[C@@H](C(=O)O)O1)c1scnc1C1CC1. The molecule has 0 aromatic carbocycles. The molecule has 1 aliphatic carbocycles. The lowest BCUT2D eigenvalue weighted by molar-refractivity contribution is -0.158. The molecular weight excluding hydrogens is 292 g/mol. The van der Waals surface area contributed by atoms with Crippen LogP contribution in [0.3, 0.4) is 0 Å². The monoisotopic (exact) mass is 310 g/mol. The van der Waals surface area contributed by atoms with Crippen molar-refractivity contribution in [2.45, 2.75) is 50.2 Å². The van der Waals surface area contributed by atoms with E-state index in [1.54, 1.807) is 5.51 Å². The summed E-state index contributed by atoms with van der Waals surface area (Å²) in [7, 11) is 0. The second-order valence-electron chi connectivity index (χ2n) is 5.57. The van der Waals surface area contributed by atoms with Crippen molar-refractivity contribution in [3.63, 3.8) is 0 Å². The number of carbonyl (C=O) groups is 2. The number of nitrogens with one attached hydrogen (secondary N) is 1. The van der Waals surface area contributed by atoms with E-state index in [9.17, 15) is 9.59 Å². The van der Waals surface area contributed by atoms with Gasteiger partial charge in [-0.1, -0.05) is 0 Å². The Morgan fingerprint density at radius 2 is 2.19 bits per heavy atom. The highest BCUT2D eigenvalue weighted by molar-refractivity contribution is 7.11. The Morgan fingerprint density at radius 1 is 1.38 bits per heavy atom. The van der Waals surface area contributed by atoms with Crippen LogP contribution in [0.1, 0.15) is 53.4 Å². The van der Waals surface area contributed by atoms with Crippen molar-refractivity contribution >= 4 is 23.2 Å². The summed E-state index contributed by atoms with van der Waals surface area (Å²) in [5.41, 5.74) is 2.62. The van der Waals surface area contributed by atoms with Crippen molar-refractivity contribution in [2.75, 3.05) is 6.54 Å². The lowest BCUT2D eigenvalue weighted by Gasteiger charge is -2.27. The minimum Gasteiger partial charge on any atom is -0.479 e. The summed E-state index contributed by atoms with van der Waals surface area (Å²) in [6.45, 7) is 0.352. The molecule has 114 valence electrons. The van der Waals surface area contributed by atoms with Crippen LogP contribution in [0.25, 0.3) is 0 Å². The lowest BCUT2D eigenvalue weighted by atomic mass is 10.0. The van der Waals surface area contributed by atoms with E-state index in [0.29, 0.717) is 23.8 Å². The Kier molecular flexibility index (Phi) is 4.21. The zero-order valence-electron chi connectivity index (χ0n) is 11.6. The minimum absolute atomic E-state index is 0.125. The van der Waals surface area contributed by atoms with E-state index in [2.05, 4.69) is 10.3 Å². The molecule has 2 heterocycles. The number of hydrogen-bond acceptors (Lipinski definition) is 5. The summed E-state index contributed by atoms with van der Waals surface area (Å²) in [4.78, 5) is 28.1. The molecule has 2 N–H and O–H groups in total. The summed E-state index contributed by atoms with van der Waals surface area (Å²) in [6, 6.07) is 0. The molecule has 0 radical (unpaired) electrons. The van der Waals surface area contributed by atoms with Crippen molar-refractivity contribution in [3.8, 4) is 0 Å². The summed E-state index contributed by atoms with van der Waals surface area (Å²) in [5.74, 6) is -0.607. The average molecular weight is 310 g/mol. The van der Waals surface area contributed by atoms with Gasteiger partial charge in [-0.2, -0.15) is 0 Å². The van der Waals surface area contributed by atoms with Crippen LogP contribution in [-0.4, -0.2) is 40.7 Å². The van der Waals surface area contributed by atoms with Crippen LogP contribution in [0.5, 0.6) is 0 Å². The van der Waals surface area contributed by atoms with Crippen molar-refractivity contribution in [1.29, 1.82) is 0 Å². The van der Waals surface area contributed by atoms with E-state index in [1.165, 1.54) is 11.3 Å². The molecule has 6 nitrogen and oxygen atoms in total. The Morgan fingerprint density at radius 3 is 2.90 bits per heavy atom. The first-order valence-corrected chi connectivity index (χ1v) is 8.13. The molecule has 0 unspecified atom stereocenters. The maximum atomic E-state index is 12.2. The average Bonchev–Trinajstić information content (AvgIpc) is 3.22. The molecule has 0 spiro atoms. The molecule has 21 heavy (non-hydrogen) atoms. The third-order valence-corrected chi connectivity index (χ3v) is 4.72. The van der Waals surface area contributed by atoms with Gasteiger partial charge in [0.05, 0.1) is 17.3 Å². The normalized spacial score (nSPS) is 25.5. The van der Waals surface area contributed by atoms with Gasteiger partial charge < -0.3 is 15.2 Å². The second-order valence-corrected chi connectivity index (χ2v) is 6.42. The number of amides is 1. The summed E-state index contributed by atoms with van der Waals surface area (Å²) in [5, 5.41) is 11.8. The van der Waals surface area contributed by atoms with E-state index >= 15 is 0 Å². The maximum absolute atomic E-state index is 12.2. The summed E-state index contributed by atoms with van der Waals surface area (Å²) in [6.07, 6.45) is 3.38. The smallest absolute Gasteiger partial charge is 0.332 e. The number of ether oxygens (including phenoxy) is 1. The fourth-order valence-corrected chi connectivity index (χ4v) is 3.38. The van der Waals surface area contributed by atoms with Gasteiger partial charge in [-0.25, -0.2) is 9.78 Å². The molecular formula is C14H18N2O4S. The van der Waals surface area contributed by atoms with Gasteiger partial charge in [0.15, 0.2) is 6.10 Å². The van der Waals surface area contributed by atoms with Crippen LogP contribution >= 0.6 is 11.3 Å². The quantitative estimate of drug-likeness (QED) is 0.865. The molecule has 3 rings (SSSR count). The van der Waals surface area contributed by atoms with Gasteiger partial charge in [-0.3, -0.25) is 4.79 Å². The predicted octanol–water partition coefficient (Wildman–Crippen LogP) is 1.77. The number of thiazole rings is 1. The zero-order chi connectivity index (χ0) is 14.8. The largest absolute Gasteiger partial charge is 0.479 e. The van der Waals surface area contributed by atoms with Gasteiger partial charge in [0.2, 0.25) is 0 Å². The molecule has 2 atom stereocenters. The number of nitrogens with zero attached hydrogens (tertiary/aromatic N) is 1. The van der Waals surface area contributed by atoms with Gasteiger partial charge >= 0.3 is 5.97 Å². The van der Waals surface area contributed by atoms with Crippen molar-refractivity contribution in [3.05, 3.63) is 16.1 Å². The van der Waals surface area contributed by atoms with E-state index in [4.69, 9.17) is 9.84 Å². The van der Waals surface area contributed by atoms with Gasteiger partial charge in [-0.15, -0.1) is 11.3 Å². The predicted molar refractivity (Wildman–Crippen MR) is 76.6 cm³/mol. The molecule has 1 amide bonds. The van der Waals surface area contributed by atoms with E-state index in [1.807, 2.05) is 0 Å². The Balaban J connectivity index is 1.53. The Hall–Kier alpha value is -1.47. The molecule has 1 aliphatic heterocycles. The van der Waals surface area contributed by atoms with Crippen LogP contribution in [0.2, 0.25) is 0 Å². The molecule has 2 fully saturated rings. The first kappa shape index (κ1) is 14.5. The maximum Gasteiger partial charge on any atom is 0.332 e. The van der Waals surface area contributed by atoms with Gasteiger partial charge in [0.25, 0.3) is 5.91 Å². The van der Waals surface area contributed by atoms with Crippen LogP contribution in [0, 0.1) is 0 Å². The minimum atomic E-state index is -0.926. The van der Waals surface area contributed by atoms with E-state index in [0.717, 1.165) is 31.4 Å². The molecule has 1 saturated heterocycles. The summed E-state index contributed by atoms with van der Waals surface area (Å²) >= 11 is 1.36. The Bertz CT molecular complexity index is 541. The number of carbonyl (C=O) groups excluding carboxylic acids is 1. The number of hydrogen-bond donors (Lipinski definition) is 2. The first-order valence-electron chi connectivity index (χ1n) is 7.25. The molecule has 1 aromatic rings. The summed E-state index contributed by atoms with van der Waals surface area (Å²) < 4.78 is 5.48. The number of aliphatic carboxylic acids is 1. The van der Waals surface area contributed by atoms with E-state index in [-0.39, 0.29) is 12.0 Å². The van der Waals surface area contributed by atoms with Crippen LogP contribution in [-0.2, 0) is 9.53 Å². The van der Waals surface area contributed by atoms with Crippen LogP contribution in [0.4, 0.5) is 0 Å². The molecule has 7 heteroatoms. The standard InChI is InChI=1S/C14H18N2O4S/c17-13(12-11(8-4-5-8)16-7-21-12)15-6-9-2-1-3-10(20-9)14(18)19/h7-10H,1-6H2,(H,15,17)(H,18,19)/t9-,10+/m1/s1. The van der Waals surface area contributed by atoms with Crippen molar-refractivity contribution < 1.29 is 19.4 Å². The van der Waals surface area contributed by atoms with Gasteiger partial charge in [0, 0.05) is 12.5 Å². The first-order chi connectivity index (χ1) is 10.1. The molecule has 1 saturated carbocycles. The molecule has 0 bridgehead atoms.